The Labute approximate surface area is 151 Å². The first-order valence-corrected chi connectivity index (χ1v) is 8.71. The van der Waals surface area contributed by atoms with Crippen LogP contribution in [0.1, 0.15) is 46.2 Å². The number of benzene rings is 1. The van der Waals surface area contributed by atoms with Crippen LogP contribution in [0.3, 0.4) is 0 Å². The highest BCUT2D eigenvalue weighted by Gasteiger charge is 2.24. The van der Waals surface area contributed by atoms with E-state index in [0.717, 1.165) is 28.1 Å². The van der Waals surface area contributed by atoms with Crippen molar-refractivity contribution < 1.29 is 9.90 Å². The molecule has 0 saturated carbocycles. The smallest absolute Gasteiger partial charge is 0.254 e. The molecule has 0 unspecified atom stereocenters. The van der Waals surface area contributed by atoms with E-state index in [9.17, 15) is 9.90 Å². The molecule has 1 atom stereocenters. The predicted octanol–water partition coefficient (Wildman–Crippen LogP) is 2.15. The molecule has 2 aromatic heterocycles. The van der Waals surface area contributed by atoms with Gasteiger partial charge in [0.1, 0.15) is 0 Å². The Balaban J connectivity index is 1.61. The zero-order valence-corrected chi connectivity index (χ0v) is 15.1. The van der Waals surface area contributed by atoms with Crippen LogP contribution in [0.25, 0.3) is 11.0 Å². The normalized spacial score (nSPS) is 15.2. The molecule has 7 nitrogen and oxygen atoms in total. The van der Waals surface area contributed by atoms with Gasteiger partial charge >= 0.3 is 0 Å². The van der Waals surface area contributed by atoms with E-state index < -0.39 is 6.10 Å². The summed E-state index contributed by atoms with van der Waals surface area (Å²) in [5.74, 6) is -0.0297. The van der Waals surface area contributed by atoms with Gasteiger partial charge in [0.15, 0.2) is 0 Å². The van der Waals surface area contributed by atoms with Crippen molar-refractivity contribution in [1.29, 1.82) is 0 Å². The molecule has 134 valence electrons. The lowest BCUT2D eigenvalue weighted by molar-refractivity contribution is 0.0706. The Bertz CT molecular complexity index is 1010. The molecular formula is C19H21N5O2. The lowest BCUT2D eigenvalue weighted by atomic mass is 10.1. The predicted molar refractivity (Wildman–Crippen MR) is 96.6 cm³/mol. The summed E-state index contributed by atoms with van der Waals surface area (Å²) in [4.78, 5) is 23.8. The minimum Gasteiger partial charge on any atom is -0.387 e. The SMILES string of the molecule is Cc1nc2ccc(C(=O)N3CCn4nc([C@H](C)O)cc4C3)cc2nc1C. The van der Waals surface area contributed by atoms with Gasteiger partial charge in [-0.3, -0.25) is 9.48 Å². The van der Waals surface area contributed by atoms with Crippen molar-refractivity contribution in [3.05, 3.63) is 52.6 Å². The van der Waals surface area contributed by atoms with E-state index in [-0.39, 0.29) is 5.91 Å². The van der Waals surface area contributed by atoms with Gasteiger partial charge in [-0.2, -0.15) is 5.10 Å². The van der Waals surface area contributed by atoms with Crippen LogP contribution in [0, 0.1) is 13.8 Å². The van der Waals surface area contributed by atoms with Crippen LogP contribution in [0.15, 0.2) is 24.3 Å². The summed E-state index contributed by atoms with van der Waals surface area (Å²) in [6.07, 6.45) is -0.608. The van der Waals surface area contributed by atoms with Crippen molar-refractivity contribution in [3.8, 4) is 0 Å². The molecule has 26 heavy (non-hydrogen) atoms. The zero-order chi connectivity index (χ0) is 18.4. The van der Waals surface area contributed by atoms with E-state index in [2.05, 4.69) is 15.1 Å². The second-order valence-corrected chi connectivity index (χ2v) is 6.78. The maximum atomic E-state index is 12.9. The van der Waals surface area contributed by atoms with Gasteiger partial charge in [0.2, 0.25) is 0 Å². The third kappa shape index (κ3) is 2.84. The first-order chi connectivity index (χ1) is 12.4. The summed E-state index contributed by atoms with van der Waals surface area (Å²) in [5, 5.41) is 14.1. The molecule has 1 amide bonds. The average molecular weight is 351 g/mol. The number of aliphatic hydroxyl groups excluding tert-OH is 1. The standard InChI is InChI=1S/C19H21N5O2/c1-11-12(2)21-18-8-14(4-5-16(18)20-11)19(26)23-6-7-24-15(10-23)9-17(22-24)13(3)25/h4-5,8-9,13,25H,6-7,10H2,1-3H3/t13-/m0/s1. The molecule has 4 rings (SSSR count). The third-order valence-electron chi connectivity index (χ3n) is 4.85. The highest BCUT2D eigenvalue weighted by molar-refractivity contribution is 5.97. The van der Waals surface area contributed by atoms with Gasteiger partial charge in [-0.25, -0.2) is 9.97 Å². The second kappa shape index (κ2) is 6.17. The van der Waals surface area contributed by atoms with Crippen molar-refractivity contribution in [2.24, 2.45) is 0 Å². The fourth-order valence-electron chi connectivity index (χ4n) is 3.21. The van der Waals surface area contributed by atoms with Gasteiger partial charge < -0.3 is 10.0 Å². The molecule has 1 aliphatic heterocycles. The molecule has 0 fully saturated rings. The van der Waals surface area contributed by atoms with E-state index in [0.29, 0.717) is 30.9 Å². The van der Waals surface area contributed by atoms with Crippen LogP contribution in [0.5, 0.6) is 0 Å². The topological polar surface area (TPSA) is 84.1 Å². The number of carbonyl (C=O) groups is 1. The Morgan fingerprint density at radius 3 is 2.58 bits per heavy atom. The molecule has 1 aliphatic rings. The number of aliphatic hydroxyl groups is 1. The molecule has 0 spiro atoms. The summed E-state index contributed by atoms with van der Waals surface area (Å²) in [6, 6.07) is 7.33. The van der Waals surface area contributed by atoms with E-state index in [4.69, 9.17) is 0 Å². The summed E-state index contributed by atoms with van der Waals surface area (Å²) >= 11 is 0. The Morgan fingerprint density at radius 2 is 1.85 bits per heavy atom. The molecule has 7 heteroatoms. The number of aryl methyl sites for hydroxylation is 2. The average Bonchev–Trinajstić information content (AvgIpc) is 3.05. The first-order valence-electron chi connectivity index (χ1n) is 8.71. The summed E-state index contributed by atoms with van der Waals surface area (Å²) < 4.78 is 1.86. The van der Waals surface area contributed by atoms with Crippen LogP contribution < -0.4 is 0 Å². The number of hydrogen-bond acceptors (Lipinski definition) is 5. The quantitative estimate of drug-likeness (QED) is 0.765. The largest absolute Gasteiger partial charge is 0.387 e. The number of fused-ring (bicyclic) bond motifs is 2. The maximum Gasteiger partial charge on any atom is 0.254 e. The first kappa shape index (κ1) is 16.7. The maximum absolute atomic E-state index is 12.9. The van der Waals surface area contributed by atoms with E-state index in [1.54, 1.807) is 17.9 Å². The fraction of sp³-hybridized carbons (Fsp3) is 0.368. The molecule has 0 saturated heterocycles. The number of nitrogens with zero attached hydrogens (tertiary/aromatic N) is 5. The number of amides is 1. The zero-order valence-electron chi connectivity index (χ0n) is 15.1. The molecule has 3 heterocycles. The molecule has 1 N–H and O–H groups in total. The van der Waals surface area contributed by atoms with Gasteiger partial charge in [-0.15, -0.1) is 0 Å². The molecule has 0 aliphatic carbocycles. The van der Waals surface area contributed by atoms with Crippen molar-refractivity contribution >= 4 is 16.9 Å². The van der Waals surface area contributed by atoms with Crippen molar-refractivity contribution in [2.45, 2.75) is 40.0 Å². The number of carbonyl (C=O) groups excluding carboxylic acids is 1. The van der Waals surface area contributed by atoms with E-state index >= 15 is 0 Å². The summed E-state index contributed by atoms with van der Waals surface area (Å²) in [6.45, 7) is 7.23. The van der Waals surface area contributed by atoms with Crippen molar-refractivity contribution in [3.63, 3.8) is 0 Å². The van der Waals surface area contributed by atoms with E-state index in [1.807, 2.05) is 36.7 Å². The van der Waals surface area contributed by atoms with Gasteiger partial charge in [-0.1, -0.05) is 0 Å². The molecular weight excluding hydrogens is 330 g/mol. The highest BCUT2D eigenvalue weighted by Crippen LogP contribution is 2.21. The van der Waals surface area contributed by atoms with Crippen molar-refractivity contribution in [2.75, 3.05) is 6.54 Å². The molecule has 0 radical (unpaired) electrons. The molecule has 1 aromatic carbocycles. The van der Waals surface area contributed by atoms with Crippen LogP contribution in [0.4, 0.5) is 0 Å². The summed E-state index contributed by atoms with van der Waals surface area (Å²) in [5.41, 5.74) is 5.48. The highest BCUT2D eigenvalue weighted by atomic mass is 16.3. The molecule has 0 bridgehead atoms. The number of hydrogen-bond donors (Lipinski definition) is 1. The van der Waals surface area contributed by atoms with Crippen LogP contribution in [0.2, 0.25) is 0 Å². The van der Waals surface area contributed by atoms with Gasteiger partial charge in [0.25, 0.3) is 5.91 Å². The Hall–Kier alpha value is -2.80. The number of rotatable bonds is 2. The minimum absolute atomic E-state index is 0.0297. The van der Waals surface area contributed by atoms with Crippen molar-refractivity contribution in [1.82, 2.24) is 24.6 Å². The summed E-state index contributed by atoms with van der Waals surface area (Å²) in [7, 11) is 0. The molecule has 3 aromatic rings. The lowest BCUT2D eigenvalue weighted by Gasteiger charge is -2.27. The lowest BCUT2D eigenvalue weighted by Crippen LogP contribution is -2.38. The monoisotopic (exact) mass is 351 g/mol. The van der Waals surface area contributed by atoms with Gasteiger partial charge in [0.05, 0.1) is 53.0 Å². The van der Waals surface area contributed by atoms with Gasteiger partial charge in [0, 0.05) is 12.1 Å². The van der Waals surface area contributed by atoms with E-state index in [1.165, 1.54) is 0 Å². The van der Waals surface area contributed by atoms with Crippen LogP contribution in [-0.4, -0.2) is 42.2 Å². The van der Waals surface area contributed by atoms with Crippen LogP contribution in [-0.2, 0) is 13.1 Å². The minimum atomic E-state index is -0.608. The third-order valence-corrected chi connectivity index (χ3v) is 4.85. The number of aromatic nitrogens is 4. The Morgan fingerprint density at radius 1 is 1.12 bits per heavy atom. The Kier molecular flexibility index (Phi) is 3.96. The second-order valence-electron chi connectivity index (χ2n) is 6.78. The fourth-order valence-corrected chi connectivity index (χ4v) is 3.21. The van der Waals surface area contributed by atoms with Crippen LogP contribution >= 0.6 is 0 Å². The van der Waals surface area contributed by atoms with Gasteiger partial charge in [-0.05, 0) is 45.0 Å².